The van der Waals surface area contributed by atoms with Gasteiger partial charge in [0, 0.05) is 24.6 Å². The number of benzene rings is 1. The molecule has 0 unspecified atom stereocenters. The summed E-state index contributed by atoms with van der Waals surface area (Å²) in [5.74, 6) is 0.754. The van der Waals surface area contributed by atoms with Crippen LogP contribution in [0.3, 0.4) is 0 Å². The predicted octanol–water partition coefficient (Wildman–Crippen LogP) is 4.72. The topological polar surface area (TPSA) is 64.4 Å². The second-order valence-corrected chi connectivity index (χ2v) is 7.07. The average molecular weight is 393 g/mol. The number of rotatable bonds is 8. The smallest absolute Gasteiger partial charge is 0.257 e. The summed E-state index contributed by atoms with van der Waals surface area (Å²) in [4.78, 5) is 11.8. The Morgan fingerprint density at radius 1 is 1.37 bits per heavy atom. The van der Waals surface area contributed by atoms with Crippen LogP contribution in [0, 0.1) is 5.82 Å². The van der Waals surface area contributed by atoms with E-state index in [9.17, 15) is 9.18 Å². The third-order valence-corrected chi connectivity index (χ3v) is 4.96. The highest BCUT2D eigenvalue weighted by atomic mass is 35.5. The standard InChI is InChI=1S/C20H22ClFN2O3/c1-13(18-11-19(27-24-18)14-4-2-3-5-14)8-9-23-20(25)12-26-15-6-7-16(21)17(22)10-15/h6-7,10-11,14H,1-5,8-9,12H2,(H,23,25). The van der Waals surface area contributed by atoms with Crippen molar-refractivity contribution in [1.82, 2.24) is 10.5 Å². The Morgan fingerprint density at radius 3 is 2.89 bits per heavy atom. The summed E-state index contributed by atoms with van der Waals surface area (Å²) in [5, 5.41) is 6.84. The van der Waals surface area contributed by atoms with Gasteiger partial charge in [-0.3, -0.25) is 4.79 Å². The Kier molecular flexibility index (Phi) is 6.50. The molecule has 1 N–H and O–H groups in total. The second-order valence-electron chi connectivity index (χ2n) is 6.66. The van der Waals surface area contributed by atoms with Crippen LogP contribution in [0.4, 0.5) is 4.39 Å². The van der Waals surface area contributed by atoms with E-state index < -0.39 is 5.82 Å². The molecule has 1 heterocycles. The molecule has 2 aromatic rings. The van der Waals surface area contributed by atoms with Crippen LogP contribution in [0.15, 0.2) is 35.4 Å². The van der Waals surface area contributed by atoms with E-state index in [0.717, 1.165) is 35.9 Å². The lowest BCUT2D eigenvalue weighted by Gasteiger charge is -2.08. The Labute approximate surface area is 162 Å². The summed E-state index contributed by atoms with van der Waals surface area (Å²) in [6.07, 6.45) is 5.32. The first-order chi connectivity index (χ1) is 13.0. The molecule has 7 heteroatoms. The van der Waals surface area contributed by atoms with Crippen molar-refractivity contribution in [1.29, 1.82) is 0 Å². The van der Waals surface area contributed by atoms with Crippen LogP contribution in [0.2, 0.25) is 5.02 Å². The molecule has 0 saturated heterocycles. The second kappa shape index (κ2) is 9.04. The van der Waals surface area contributed by atoms with Gasteiger partial charge >= 0.3 is 0 Å². The SMILES string of the molecule is C=C(CCNC(=O)COc1ccc(Cl)c(F)c1)c1cc(C2CCCC2)on1. The Hall–Kier alpha value is -2.34. The van der Waals surface area contributed by atoms with Gasteiger partial charge in [0.05, 0.1) is 5.02 Å². The molecule has 0 spiro atoms. The van der Waals surface area contributed by atoms with Crippen LogP contribution >= 0.6 is 11.6 Å². The van der Waals surface area contributed by atoms with Gasteiger partial charge in [0.1, 0.15) is 23.0 Å². The zero-order valence-electron chi connectivity index (χ0n) is 15.0. The van der Waals surface area contributed by atoms with Crippen molar-refractivity contribution in [3.8, 4) is 5.75 Å². The van der Waals surface area contributed by atoms with Crippen LogP contribution < -0.4 is 10.1 Å². The van der Waals surface area contributed by atoms with Crippen molar-refractivity contribution < 1.29 is 18.4 Å². The Bertz CT molecular complexity index is 815. The van der Waals surface area contributed by atoms with E-state index >= 15 is 0 Å². The number of hydrogen-bond acceptors (Lipinski definition) is 4. The van der Waals surface area contributed by atoms with Gasteiger partial charge in [0.2, 0.25) is 0 Å². The number of carbonyl (C=O) groups excluding carboxylic acids is 1. The molecule has 0 bridgehead atoms. The maximum Gasteiger partial charge on any atom is 0.257 e. The van der Waals surface area contributed by atoms with E-state index in [1.807, 2.05) is 6.07 Å². The number of nitrogens with one attached hydrogen (secondary N) is 1. The summed E-state index contributed by atoms with van der Waals surface area (Å²) in [6, 6.07) is 5.99. The van der Waals surface area contributed by atoms with Gasteiger partial charge in [0.15, 0.2) is 6.61 Å². The van der Waals surface area contributed by atoms with E-state index in [1.165, 1.54) is 25.0 Å². The molecule has 1 aromatic heterocycles. The number of amides is 1. The molecule has 3 rings (SSSR count). The van der Waals surface area contributed by atoms with Gasteiger partial charge in [-0.1, -0.05) is 36.2 Å². The number of ether oxygens (including phenoxy) is 1. The normalized spacial score (nSPS) is 14.3. The Balaban J connectivity index is 1.39. The first kappa shape index (κ1) is 19.4. The maximum atomic E-state index is 13.3. The minimum absolute atomic E-state index is 0.00857. The number of nitrogens with zero attached hydrogens (tertiary/aromatic N) is 1. The van der Waals surface area contributed by atoms with Crippen LogP contribution in [-0.2, 0) is 4.79 Å². The first-order valence-electron chi connectivity index (χ1n) is 9.02. The minimum Gasteiger partial charge on any atom is -0.484 e. The van der Waals surface area contributed by atoms with Crippen LogP contribution in [0.5, 0.6) is 5.75 Å². The van der Waals surface area contributed by atoms with Crippen LogP contribution in [-0.4, -0.2) is 24.2 Å². The summed E-state index contributed by atoms with van der Waals surface area (Å²) in [5.41, 5.74) is 1.54. The lowest BCUT2D eigenvalue weighted by molar-refractivity contribution is -0.123. The molecule has 1 aliphatic carbocycles. The summed E-state index contributed by atoms with van der Waals surface area (Å²) in [6.45, 7) is 4.21. The highest BCUT2D eigenvalue weighted by Crippen LogP contribution is 2.35. The van der Waals surface area contributed by atoms with Gasteiger partial charge in [0.25, 0.3) is 5.91 Å². The van der Waals surface area contributed by atoms with E-state index in [0.29, 0.717) is 18.9 Å². The monoisotopic (exact) mass is 392 g/mol. The molecule has 144 valence electrons. The highest BCUT2D eigenvalue weighted by molar-refractivity contribution is 6.30. The third kappa shape index (κ3) is 5.32. The van der Waals surface area contributed by atoms with Gasteiger partial charge in [-0.25, -0.2) is 4.39 Å². The molecule has 0 radical (unpaired) electrons. The molecular weight excluding hydrogens is 371 g/mol. The van der Waals surface area contributed by atoms with E-state index in [-0.39, 0.29) is 23.3 Å². The molecule has 0 atom stereocenters. The lowest BCUT2D eigenvalue weighted by Crippen LogP contribution is -2.29. The minimum atomic E-state index is -0.588. The fourth-order valence-corrected chi connectivity index (χ4v) is 3.22. The van der Waals surface area contributed by atoms with Crippen molar-refractivity contribution in [2.75, 3.05) is 13.2 Å². The van der Waals surface area contributed by atoms with E-state index in [1.54, 1.807) is 0 Å². The summed E-state index contributed by atoms with van der Waals surface area (Å²) in [7, 11) is 0. The number of halogens is 2. The molecule has 5 nitrogen and oxygen atoms in total. The quantitative estimate of drug-likeness (QED) is 0.705. The van der Waals surface area contributed by atoms with Gasteiger partial charge in [-0.2, -0.15) is 0 Å². The predicted molar refractivity (Wildman–Crippen MR) is 101 cm³/mol. The number of hydrogen-bond donors (Lipinski definition) is 1. The fourth-order valence-electron chi connectivity index (χ4n) is 3.11. The van der Waals surface area contributed by atoms with E-state index in [4.69, 9.17) is 20.9 Å². The fraction of sp³-hybridized carbons (Fsp3) is 0.400. The third-order valence-electron chi connectivity index (χ3n) is 4.66. The molecular formula is C20H22ClFN2O3. The van der Waals surface area contributed by atoms with Crippen molar-refractivity contribution in [3.05, 3.63) is 53.1 Å². The van der Waals surface area contributed by atoms with Gasteiger partial charge in [-0.05, 0) is 37.0 Å². The van der Waals surface area contributed by atoms with Crippen molar-refractivity contribution in [3.63, 3.8) is 0 Å². The molecule has 1 fully saturated rings. The average Bonchev–Trinajstić information content (AvgIpc) is 3.34. The van der Waals surface area contributed by atoms with Crippen LogP contribution in [0.1, 0.15) is 49.5 Å². The molecule has 1 aliphatic rings. The number of aromatic nitrogens is 1. The molecule has 1 amide bonds. The Morgan fingerprint density at radius 2 is 2.15 bits per heavy atom. The molecule has 27 heavy (non-hydrogen) atoms. The van der Waals surface area contributed by atoms with Gasteiger partial charge in [-0.15, -0.1) is 0 Å². The van der Waals surface area contributed by atoms with Gasteiger partial charge < -0.3 is 14.6 Å². The summed E-state index contributed by atoms with van der Waals surface area (Å²) >= 11 is 5.60. The zero-order chi connectivity index (χ0) is 19.2. The lowest BCUT2D eigenvalue weighted by atomic mass is 10.0. The van der Waals surface area contributed by atoms with E-state index in [2.05, 4.69) is 17.1 Å². The zero-order valence-corrected chi connectivity index (χ0v) is 15.7. The van der Waals surface area contributed by atoms with Crippen LogP contribution in [0.25, 0.3) is 5.57 Å². The molecule has 1 aromatic carbocycles. The largest absolute Gasteiger partial charge is 0.484 e. The molecule has 0 aliphatic heterocycles. The first-order valence-corrected chi connectivity index (χ1v) is 9.40. The van der Waals surface area contributed by atoms with Crippen molar-refractivity contribution in [2.45, 2.75) is 38.0 Å². The number of carbonyl (C=O) groups is 1. The molecule has 1 saturated carbocycles. The van der Waals surface area contributed by atoms with Crippen molar-refractivity contribution >= 4 is 23.1 Å². The highest BCUT2D eigenvalue weighted by Gasteiger charge is 2.21. The summed E-state index contributed by atoms with van der Waals surface area (Å²) < 4.78 is 24.0. The maximum absolute atomic E-state index is 13.3. The van der Waals surface area contributed by atoms with Crippen molar-refractivity contribution in [2.24, 2.45) is 0 Å².